The minimum atomic E-state index is 0.378. The van der Waals surface area contributed by atoms with Gasteiger partial charge in [0.15, 0.2) is 0 Å². The number of ether oxygens (including phenoxy) is 2. The van der Waals surface area contributed by atoms with Crippen LogP contribution in [-0.2, 0) is 13.2 Å². The Morgan fingerprint density at radius 1 is 0.875 bits per heavy atom. The lowest BCUT2D eigenvalue weighted by Crippen LogP contribution is -2.13. The Bertz CT molecular complexity index is 1390. The Balaban J connectivity index is 1.37. The van der Waals surface area contributed by atoms with E-state index < -0.39 is 0 Å². The monoisotopic (exact) mass is 442 g/mol. The van der Waals surface area contributed by atoms with Crippen LogP contribution in [0.4, 0.5) is 0 Å². The van der Waals surface area contributed by atoms with Gasteiger partial charge in [-0.25, -0.2) is 4.98 Å². The van der Waals surface area contributed by atoms with Gasteiger partial charge in [-0.05, 0) is 54.3 Å². The molecule has 160 valence electrons. The SMILES string of the molecule is Cc1cc(OCCn2c(COc3cccc4ccccc34)nc3ccccc32)ccc1Cl. The summed E-state index contributed by atoms with van der Waals surface area (Å²) in [6.07, 6.45) is 0. The molecule has 0 saturated carbocycles. The summed E-state index contributed by atoms with van der Waals surface area (Å²) in [6, 6.07) is 28.2. The number of nitrogens with zero attached hydrogens (tertiary/aromatic N) is 2. The first-order valence-corrected chi connectivity index (χ1v) is 11.0. The van der Waals surface area contributed by atoms with E-state index in [1.165, 1.54) is 0 Å². The fourth-order valence-electron chi connectivity index (χ4n) is 3.91. The molecule has 0 spiro atoms. The summed E-state index contributed by atoms with van der Waals surface area (Å²) < 4.78 is 14.4. The Labute approximate surface area is 192 Å². The molecular formula is C27H23ClN2O2. The molecule has 0 bridgehead atoms. The van der Waals surface area contributed by atoms with E-state index in [1.54, 1.807) is 0 Å². The standard InChI is InChI=1S/C27H23ClN2O2/c1-19-17-21(13-14-23(19)28)31-16-15-30-25-11-5-4-10-24(25)29-27(30)18-32-26-12-6-8-20-7-2-3-9-22(20)26/h2-14,17H,15-16,18H2,1H3. The number of aryl methyl sites for hydroxylation is 1. The molecule has 0 aliphatic heterocycles. The number of fused-ring (bicyclic) bond motifs is 2. The number of halogens is 1. The lowest BCUT2D eigenvalue weighted by Gasteiger charge is -2.13. The van der Waals surface area contributed by atoms with Crippen molar-refractivity contribution in [3.8, 4) is 11.5 Å². The Kier molecular flexibility index (Phi) is 5.70. The van der Waals surface area contributed by atoms with Crippen LogP contribution < -0.4 is 9.47 Å². The number of aromatic nitrogens is 2. The van der Waals surface area contributed by atoms with Crippen LogP contribution in [0.2, 0.25) is 5.02 Å². The highest BCUT2D eigenvalue weighted by Gasteiger charge is 2.12. The highest BCUT2D eigenvalue weighted by molar-refractivity contribution is 6.31. The first-order valence-electron chi connectivity index (χ1n) is 10.6. The van der Waals surface area contributed by atoms with Gasteiger partial charge in [-0.2, -0.15) is 0 Å². The molecule has 0 fully saturated rings. The Morgan fingerprint density at radius 3 is 2.59 bits per heavy atom. The number of rotatable bonds is 7. The zero-order valence-corrected chi connectivity index (χ0v) is 18.5. The summed E-state index contributed by atoms with van der Waals surface area (Å²) in [5.74, 6) is 2.54. The molecule has 0 unspecified atom stereocenters. The maximum atomic E-state index is 6.23. The second-order valence-corrected chi connectivity index (χ2v) is 8.10. The third kappa shape index (κ3) is 4.14. The molecule has 0 aliphatic carbocycles. The maximum Gasteiger partial charge on any atom is 0.148 e. The van der Waals surface area contributed by atoms with Gasteiger partial charge in [0.05, 0.1) is 17.6 Å². The van der Waals surface area contributed by atoms with Gasteiger partial charge in [-0.3, -0.25) is 0 Å². The van der Waals surface area contributed by atoms with Gasteiger partial charge in [0, 0.05) is 10.4 Å². The summed E-state index contributed by atoms with van der Waals surface area (Å²) in [5.41, 5.74) is 3.02. The topological polar surface area (TPSA) is 36.3 Å². The predicted molar refractivity (Wildman–Crippen MR) is 130 cm³/mol. The Morgan fingerprint density at radius 2 is 1.69 bits per heavy atom. The molecule has 0 atom stereocenters. The Hall–Kier alpha value is -3.50. The largest absolute Gasteiger partial charge is 0.492 e. The number of hydrogen-bond donors (Lipinski definition) is 0. The molecule has 0 saturated heterocycles. The van der Waals surface area contributed by atoms with E-state index in [2.05, 4.69) is 28.8 Å². The van der Waals surface area contributed by atoms with Crippen LogP contribution in [0.15, 0.2) is 84.9 Å². The summed E-state index contributed by atoms with van der Waals surface area (Å²) in [5, 5.41) is 3.00. The summed E-state index contributed by atoms with van der Waals surface area (Å²) >= 11 is 6.12. The van der Waals surface area contributed by atoms with Crippen molar-refractivity contribution in [3.05, 3.63) is 101 Å². The third-order valence-corrected chi connectivity index (χ3v) is 5.98. The fourth-order valence-corrected chi connectivity index (χ4v) is 4.03. The van der Waals surface area contributed by atoms with Gasteiger partial charge in [0.1, 0.15) is 30.5 Å². The second kappa shape index (κ2) is 8.93. The number of para-hydroxylation sites is 2. The highest BCUT2D eigenvalue weighted by Crippen LogP contribution is 2.27. The van der Waals surface area contributed by atoms with E-state index in [4.69, 9.17) is 26.1 Å². The van der Waals surface area contributed by atoms with Crippen LogP contribution in [0, 0.1) is 6.92 Å². The zero-order valence-electron chi connectivity index (χ0n) is 17.8. The molecule has 0 aliphatic rings. The van der Waals surface area contributed by atoms with Crippen molar-refractivity contribution in [2.75, 3.05) is 6.61 Å². The van der Waals surface area contributed by atoms with Crippen LogP contribution in [0.3, 0.4) is 0 Å². The van der Waals surface area contributed by atoms with Gasteiger partial charge in [-0.1, -0.05) is 60.1 Å². The van der Waals surface area contributed by atoms with E-state index in [-0.39, 0.29) is 0 Å². The zero-order chi connectivity index (χ0) is 21.9. The van der Waals surface area contributed by atoms with Gasteiger partial charge in [-0.15, -0.1) is 0 Å². The summed E-state index contributed by atoms with van der Waals surface area (Å²) in [4.78, 5) is 4.82. The number of hydrogen-bond acceptors (Lipinski definition) is 3. The van der Waals surface area contributed by atoms with Crippen LogP contribution in [0.25, 0.3) is 21.8 Å². The minimum absolute atomic E-state index is 0.378. The van der Waals surface area contributed by atoms with Gasteiger partial charge in [0.25, 0.3) is 0 Å². The quantitative estimate of drug-likeness (QED) is 0.278. The van der Waals surface area contributed by atoms with E-state index in [1.807, 2.05) is 67.6 Å². The van der Waals surface area contributed by atoms with Crippen LogP contribution >= 0.6 is 11.6 Å². The van der Waals surface area contributed by atoms with Crippen LogP contribution in [0.1, 0.15) is 11.4 Å². The molecule has 5 rings (SSSR count). The molecule has 5 heteroatoms. The number of imidazole rings is 1. The smallest absolute Gasteiger partial charge is 0.148 e. The average Bonchev–Trinajstić information content (AvgIpc) is 3.17. The molecule has 0 radical (unpaired) electrons. The predicted octanol–water partition coefficient (Wildman–Crippen LogP) is 6.81. The van der Waals surface area contributed by atoms with E-state index in [0.717, 1.165) is 49.7 Å². The molecule has 0 N–H and O–H groups in total. The van der Waals surface area contributed by atoms with Crippen molar-refractivity contribution in [3.63, 3.8) is 0 Å². The molecule has 5 aromatic rings. The maximum absolute atomic E-state index is 6.23. The van der Waals surface area contributed by atoms with Crippen molar-refractivity contribution in [2.45, 2.75) is 20.1 Å². The number of benzene rings is 4. The molecule has 0 amide bonds. The van der Waals surface area contributed by atoms with E-state index >= 15 is 0 Å². The lowest BCUT2D eigenvalue weighted by atomic mass is 10.1. The van der Waals surface area contributed by atoms with E-state index in [0.29, 0.717) is 19.8 Å². The van der Waals surface area contributed by atoms with E-state index in [9.17, 15) is 0 Å². The summed E-state index contributed by atoms with van der Waals surface area (Å²) in [7, 11) is 0. The molecule has 1 aromatic heterocycles. The fraction of sp³-hybridized carbons (Fsp3) is 0.148. The van der Waals surface area contributed by atoms with Gasteiger partial charge < -0.3 is 14.0 Å². The van der Waals surface area contributed by atoms with Crippen molar-refractivity contribution < 1.29 is 9.47 Å². The molecule has 1 heterocycles. The van der Waals surface area contributed by atoms with Crippen molar-refractivity contribution in [1.82, 2.24) is 9.55 Å². The van der Waals surface area contributed by atoms with Crippen molar-refractivity contribution in [2.24, 2.45) is 0 Å². The van der Waals surface area contributed by atoms with Crippen molar-refractivity contribution in [1.29, 1.82) is 0 Å². The lowest BCUT2D eigenvalue weighted by molar-refractivity contribution is 0.274. The minimum Gasteiger partial charge on any atom is -0.492 e. The second-order valence-electron chi connectivity index (χ2n) is 7.69. The molecule has 32 heavy (non-hydrogen) atoms. The van der Waals surface area contributed by atoms with Crippen molar-refractivity contribution >= 4 is 33.4 Å². The van der Waals surface area contributed by atoms with Gasteiger partial charge >= 0.3 is 0 Å². The van der Waals surface area contributed by atoms with Crippen LogP contribution in [-0.4, -0.2) is 16.2 Å². The van der Waals surface area contributed by atoms with Gasteiger partial charge in [0.2, 0.25) is 0 Å². The van der Waals surface area contributed by atoms with Crippen LogP contribution in [0.5, 0.6) is 11.5 Å². The summed E-state index contributed by atoms with van der Waals surface area (Å²) in [6.45, 7) is 3.53. The normalized spacial score (nSPS) is 11.2. The molecule has 4 nitrogen and oxygen atoms in total. The first kappa shape index (κ1) is 20.4. The average molecular weight is 443 g/mol. The first-order chi connectivity index (χ1) is 15.7. The molecule has 4 aromatic carbocycles. The third-order valence-electron chi connectivity index (χ3n) is 5.55. The molecular weight excluding hydrogens is 420 g/mol. The highest BCUT2D eigenvalue weighted by atomic mass is 35.5.